The Morgan fingerprint density at radius 3 is 2.38 bits per heavy atom. The van der Waals surface area contributed by atoms with E-state index in [1.54, 1.807) is 12.1 Å². The van der Waals surface area contributed by atoms with Crippen molar-refractivity contribution in [3.63, 3.8) is 0 Å². The average Bonchev–Trinajstić information content (AvgIpc) is 2.16. The highest BCUT2D eigenvalue weighted by molar-refractivity contribution is 7.80. The predicted octanol–water partition coefficient (Wildman–Crippen LogP) is 2.31. The van der Waals surface area contributed by atoms with E-state index in [9.17, 15) is 4.79 Å². The first-order chi connectivity index (χ1) is 7.32. The highest BCUT2D eigenvalue weighted by Crippen LogP contribution is 2.20. The third-order valence-corrected chi connectivity index (χ3v) is 2.34. The molecule has 4 heteroatoms. The minimum Gasteiger partial charge on any atom is -0.389 e. The molecular weight excluding hydrogens is 220 g/mol. The lowest BCUT2D eigenvalue weighted by molar-refractivity contribution is -0.123. The summed E-state index contributed by atoms with van der Waals surface area (Å²) in [6.07, 6.45) is 0. The number of nitrogens with one attached hydrogen (secondary N) is 1. The number of amides is 1. The van der Waals surface area contributed by atoms with Crippen LogP contribution in [0.3, 0.4) is 0 Å². The molecule has 1 aromatic carbocycles. The van der Waals surface area contributed by atoms with Gasteiger partial charge in [0.1, 0.15) is 4.99 Å². The summed E-state index contributed by atoms with van der Waals surface area (Å²) in [5.74, 6) is -0.0591. The van der Waals surface area contributed by atoms with Crippen LogP contribution in [0.2, 0.25) is 0 Å². The number of para-hydroxylation sites is 1. The van der Waals surface area contributed by atoms with Gasteiger partial charge in [-0.25, -0.2) is 0 Å². The Morgan fingerprint density at radius 1 is 1.31 bits per heavy atom. The predicted molar refractivity (Wildman–Crippen MR) is 70.4 cm³/mol. The molecule has 0 unspecified atom stereocenters. The minimum absolute atomic E-state index is 0.0591. The van der Waals surface area contributed by atoms with Crippen LogP contribution in [0, 0.1) is 5.41 Å². The third-order valence-electron chi connectivity index (χ3n) is 2.12. The molecule has 0 aromatic heterocycles. The lowest BCUT2D eigenvalue weighted by atomic mass is 9.95. The van der Waals surface area contributed by atoms with Crippen LogP contribution in [0.4, 0.5) is 5.69 Å². The minimum atomic E-state index is -0.441. The Hall–Kier alpha value is -1.42. The number of nitrogens with two attached hydrogens (primary N) is 1. The van der Waals surface area contributed by atoms with Gasteiger partial charge in [0, 0.05) is 11.0 Å². The smallest absolute Gasteiger partial charge is 0.229 e. The summed E-state index contributed by atoms with van der Waals surface area (Å²) in [5.41, 5.74) is 6.49. The first kappa shape index (κ1) is 12.6. The zero-order valence-electron chi connectivity index (χ0n) is 9.70. The van der Waals surface area contributed by atoms with E-state index in [0.29, 0.717) is 11.3 Å². The van der Waals surface area contributed by atoms with Crippen LogP contribution in [0.1, 0.15) is 26.3 Å². The van der Waals surface area contributed by atoms with Gasteiger partial charge in [-0.15, -0.1) is 0 Å². The number of anilines is 1. The molecule has 0 aliphatic carbocycles. The van der Waals surface area contributed by atoms with E-state index in [1.165, 1.54) is 0 Å². The first-order valence-corrected chi connectivity index (χ1v) is 5.43. The molecule has 86 valence electrons. The van der Waals surface area contributed by atoms with E-state index in [-0.39, 0.29) is 10.9 Å². The number of hydrogen-bond acceptors (Lipinski definition) is 2. The number of carbonyl (C=O) groups is 1. The zero-order valence-corrected chi connectivity index (χ0v) is 10.5. The van der Waals surface area contributed by atoms with Crippen molar-refractivity contribution in [3.05, 3.63) is 29.8 Å². The molecule has 1 amide bonds. The molecule has 3 nitrogen and oxygen atoms in total. The maximum atomic E-state index is 11.8. The lowest BCUT2D eigenvalue weighted by Crippen LogP contribution is -2.28. The molecule has 3 N–H and O–H groups in total. The van der Waals surface area contributed by atoms with E-state index < -0.39 is 5.41 Å². The van der Waals surface area contributed by atoms with Gasteiger partial charge >= 0.3 is 0 Å². The molecule has 0 heterocycles. The fraction of sp³-hybridized carbons (Fsp3) is 0.333. The second-order valence-corrected chi connectivity index (χ2v) is 5.05. The van der Waals surface area contributed by atoms with Gasteiger partial charge < -0.3 is 11.1 Å². The maximum Gasteiger partial charge on any atom is 0.229 e. The Morgan fingerprint density at radius 2 is 1.88 bits per heavy atom. The van der Waals surface area contributed by atoms with Crippen LogP contribution in [-0.4, -0.2) is 10.9 Å². The topological polar surface area (TPSA) is 55.1 Å². The normalized spacial score (nSPS) is 10.9. The Labute approximate surface area is 101 Å². The van der Waals surface area contributed by atoms with E-state index in [2.05, 4.69) is 5.32 Å². The fourth-order valence-electron chi connectivity index (χ4n) is 1.12. The molecule has 16 heavy (non-hydrogen) atoms. The fourth-order valence-corrected chi connectivity index (χ4v) is 1.29. The van der Waals surface area contributed by atoms with Gasteiger partial charge in [-0.05, 0) is 12.1 Å². The van der Waals surface area contributed by atoms with E-state index >= 15 is 0 Å². The number of carbonyl (C=O) groups excluding carboxylic acids is 1. The zero-order chi connectivity index (χ0) is 12.3. The Bertz CT molecular complexity index is 421. The van der Waals surface area contributed by atoms with Crippen molar-refractivity contribution in [1.29, 1.82) is 0 Å². The van der Waals surface area contributed by atoms with Crippen LogP contribution in [0.5, 0.6) is 0 Å². The molecule has 0 bridgehead atoms. The highest BCUT2D eigenvalue weighted by Gasteiger charge is 2.22. The molecule has 0 saturated carbocycles. The van der Waals surface area contributed by atoms with Gasteiger partial charge in [-0.2, -0.15) is 0 Å². The second-order valence-electron chi connectivity index (χ2n) is 4.61. The third kappa shape index (κ3) is 3.03. The number of thiocarbonyl (C=S) groups is 1. The average molecular weight is 236 g/mol. The van der Waals surface area contributed by atoms with Crippen molar-refractivity contribution in [3.8, 4) is 0 Å². The van der Waals surface area contributed by atoms with Gasteiger partial charge in [0.15, 0.2) is 0 Å². The number of rotatable bonds is 2. The number of hydrogen-bond donors (Lipinski definition) is 2. The largest absolute Gasteiger partial charge is 0.389 e. The summed E-state index contributed by atoms with van der Waals surface area (Å²) in [6.45, 7) is 5.56. The molecule has 0 fully saturated rings. The van der Waals surface area contributed by atoms with E-state index in [0.717, 1.165) is 0 Å². The summed E-state index contributed by atoms with van der Waals surface area (Å²) < 4.78 is 0. The van der Waals surface area contributed by atoms with E-state index in [4.69, 9.17) is 18.0 Å². The molecule has 0 radical (unpaired) electrons. The summed E-state index contributed by atoms with van der Waals surface area (Å²) in [5, 5.41) is 2.83. The second kappa shape index (κ2) is 4.61. The van der Waals surface area contributed by atoms with Crippen molar-refractivity contribution in [2.75, 3.05) is 5.32 Å². The molecule has 0 saturated heterocycles. The van der Waals surface area contributed by atoms with Crippen LogP contribution in [0.15, 0.2) is 24.3 Å². The van der Waals surface area contributed by atoms with Crippen molar-refractivity contribution >= 4 is 28.8 Å². The summed E-state index contributed by atoms with van der Waals surface area (Å²) >= 11 is 4.92. The SMILES string of the molecule is CC(C)(C)C(=O)Nc1ccccc1C(N)=S. The van der Waals surface area contributed by atoms with Gasteiger partial charge in [0.05, 0.1) is 5.69 Å². The Balaban J connectivity index is 2.98. The molecular formula is C12H16N2OS. The summed E-state index contributed by atoms with van der Waals surface area (Å²) in [4.78, 5) is 12.1. The van der Waals surface area contributed by atoms with E-state index in [1.807, 2.05) is 32.9 Å². The van der Waals surface area contributed by atoms with Gasteiger partial charge in [0.2, 0.25) is 5.91 Å². The molecule has 0 atom stereocenters. The molecule has 1 aromatic rings. The monoisotopic (exact) mass is 236 g/mol. The molecule has 0 spiro atoms. The maximum absolute atomic E-state index is 11.8. The quantitative estimate of drug-likeness (QED) is 0.775. The van der Waals surface area contributed by atoms with Crippen LogP contribution in [-0.2, 0) is 4.79 Å². The molecule has 0 aliphatic rings. The van der Waals surface area contributed by atoms with Gasteiger partial charge in [-0.3, -0.25) is 4.79 Å². The summed E-state index contributed by atoms with van der Waals surface area (Å²) in [6, 6.07) is 7.25. The molecule has 1 rings (SSSR count). The van der Waals surface area contributed by atoms with Crippen LogP contribution < -0.4 is 11.1 Å². The van der Waals surface area contributed by atoms with Gasteiger partial charge in [0.25, 0.3) is 0 Å². The lowest BCUT2D eigenvalue weighted by Gasteiger charge is -2.19. The van der Waals surface area contributed by atoms with Crippen molar-refractivity contribution in [2.24, 2.45) is 11.1 Å². The Kier molecular flexibility index (Phi) is 3.65. The standard InChI is InChI=1S/C12H16N2OS/c1-12(2,3)11(15)14-9-7-5-4-6-8(9)10(13)16/h4-7H,1-3H3,(H2,13,16)(H,14,15). The summed E-state index contributed by atoms with van der Waals surface area (Å²) in [7, 11) is 0. The van der Waals surface area contributed by atoms with Crippen molar-refractivity contribution < 1.29 is 4.79 Å². The van der Waals surface area contributed by atoms with Crippen molar-refractivity contribution in [2.45, 2.75) is 20.8 Å². The van der Waals surface area contributed by atoms with Crippen LogP contribution >= 0.6 is 12.2 Å². The van der Waals surface area contributed by atoms with Crippen LogP contribution in [0.25, 0.3) is 0 Å². The van der Waals surface area contributed by atoms with Gasteiger partial charge in [-0.1, -0.05) is 45.1 Å². The number of benzene rings is 1. The van der Waals surface area contributed by atoms with Crippen molar-refractivity contribution in [1.82, 2.24) is 0 Å². The molecule has 0 aliphatic heterocycles. The highest BCUT2D eigenvalue weighted by atomic mass is 32.1. The first-order valence-electron chi connectivity index (χ1n) is 5.02.